The molecule has 1 aliphatic carbocycles. The SMILES string of the molecule is CC.Cc1ccc2c(c1CCCC(C)C)C(=O)C(=O)C(C(C)C)=C2. The van der Waals surface area contributed by atoms with Gasteiger partial charge in [0.25, 0.3) is 0 Å². The standard InChI is InChI=1S/C20H26O2.C2H6/c1-12(2)7-6-8-16-14(5)9-10-15-11-17(13(3)4)19(21)20(22)18(15)16;1-2/h9-13H,6-8H2,1-5H3;1-2H3. The van der Waals surface area contributed by atoms with Crippen LogP contribution in [0.15, 0.2) is 17.7 Å². The third-order valence-electron chi connectivity index (χ3n) is 4.42. The number of hydrogen-bond acceptors (Lipinski definition) is 2. The number of ketones is 2. The van der Waals surface area contributed by atoms with Crippen molar-refractivity contribution in [2.75, 3.05) is 0 Å². The summed E-state index contributed by atoms with van der Waals surface area (Å²) in [7, 11) is 0. The van der Waals surface area contributed by atoms with Gasteiger partial charge >= 0.3 is 0 Å². The fourth-order valence-electron chi connectivity index (χ4n) is 3.07. The molecule has 0 spiro atoms. The Morgan fingerprint density at radius 1 is 0.958 bits per heavy atom. The van der Waals surface area contributed by atoms with E-state index in [4.69, 9.17) is 0 Å². The Morgan fingerprint density at radius 3 is 2.12 bits per heavy atom. The molecule has 1 aromatic carbocycles. The van der Waals surface area contributed by atoms with Crippen LogP contribution in [0.2, 0.25) is 0 Å². The lowest BCUT2D eigenvalue weighted by atomic mass is 9.80. The molecule has 0 saturated heterocycles. The third-order valence-corrected chi connectivity index (χ3v) is 4.42. The minimum Gasteiger partial charge on any atom is -0.285 e. The van der Waals surface area contributed by atoms with Crippen LogP contribution in [0, 0.1) is 18.8 Å². The maximum atomic E-state index is 12.6. The lowest BCUT2D eigenvalue weighted by Gasteiger charge is -2.21. The molecule has 0 heterocycles. The molecule has 0 amide bonds. The molecule has 2 nitrogen and oxygen atoms in total. The van der Waals surface area contributed by atoms with Gasteiger partial charge in [-0.2, -0.15) is 0 Å². The number of carbonyl (C=O) groups is 2. The number of rotatable bonds is 5. The number of Topliss-reactive ketones (excluding diaryl/α,β-unsaturated/α-hetero) is 2. The molecule has 0 fully saturated rings. The zero-order valence-electron chi connectivity index (χ0n) is 16.3. The normalized spacial score (nSPS) is 13.6. The summed E-state index contributed by atoms with van der Waals surface area (Å²) < 4.78 is 0. The predicted molar refractivity (Wildman–Crippen MR) is 102 cm³/mol. The van der Waals surface area contributed by atoms with Crippen molar-refractivity contribution in [3.8, 4) is 0 Å². The maximum absolute atomic E-state index is 12.6. The van der Waals surface area contributed by atoms with Crippen LogP contribution in [0.5, 0.6) is 0 Å². The Morgan fingerprint density at radius 2 is 1.58 bits per heavy atom. The highest BCUT2D eigenvalue weighted by Gasteiger charge is 2.31. The molecule has 0 atom stereocenters. The van der Waals surface area contributed by atoms with Crippen molar-refractivity contribution in [1.82, 2.24) is 0 Å². The van der Waals surface area contributed by atoms with Gasteiger partial charge in [0.15, 0.2) is 0 Å². The first-order valence-corrected chi connectivity index (χ1v) is 9.26. The molecule has 0 aliphatic heterocycles. The van der Waals surface area contributed by atoms with Crippen molar-refractivity contribution in [1.29, 1.82) is 0 Å². The molecule has 0 aromatic heterocycles. The highest BCUT2D eigenvalue weighted by molar-refractivity contribution is 6.52. The van der Waals surface area contributed by atoms with Crippen LogP contribution >= 0.6 is 0 Å². The molecular weight excluding hydrogens is 296 g/mol. The second-order valence-corrected chi connectivity index (χ2v) is 7.02. The summed E-state index contributed by atoms with van der Waals surface area (Å²) in [6.07, 6.45) is 4.97. The first-order chi connectivity index (χ1) is 11.3. The monoisotopic (exact) mass is 328 g/mol. The van der Waals surface area contributed by atoms with Crippen LogP contribution in [0.3, 0.4) is 0 Å². The summed E-state index contributed by atoms with van der Waals surface area (Å²) in [5.74, 6) is 0.0996. The fourth-order valence-corrected chi connectivity index (χ4v) is 3.07. The van der Waals surface area contributed by atoms with E-state index in [2.05, 4.69) is 19.9 Å². The van der Waals surface area contributed by atoms with Crippen LogP contribution in [-0.4, -0.2) is 11.6 Å². The van der Waals surface area contributed by atoms with E-state index in [1.165, 1.54) is 0 Å². The highest BCUT2D eigenvalue weighted by atomic mass is 16.2. The zero-order chi connectivity index (χ0) is 18.4. The summed E-state index contributed by atoms with van der Waals surface area (Å²) >= 11 is 0. The molecule has 132 valence electrons. The van der Waals surface area contributed by atoms with Gasteiger partial charge in [0.05, 0.1) is 0 Å². The average molecular weight is 328 g/mol. The molecule has 1 aromatic rings. The largest absolute Gasteiger partial charge is 0.285 e. The van der Waals surface area contributed by atoms with Gasteiger partial charge in [-0.05, 0) is 54.4 Å². The molecule has 0 N–H and O–H groups in total. The van der Waals surface area contributed by atoms with E-state index in [1.54, 1.807) is 0 Å². The van der Waals surface area contributed by atoms with Crippen LogP contribution in [0.25, 0.3) is 6.08 Å². The van der Waals surface area contributed by atoms with E-state index < -0.39 is 0 Å². The average Bonchev–Trinajstić information content (AvgIpc) is 2.54. The summed E-state index contributed by atoms with van der Waals surface area (Å²) in [6.45, 7) is 14.4. The van der Waals surface area contributed by atoms with Crippen LogP contribution in [0.1, 0.15) is 81.4 Å². The van der Waals surface area contributed by atoms with E-state index in [-0.39, 0.29) is 17.5 Å². The summed E-state index contributed by atoms with van der Waals surface area (Å²) in [4.78, 5) is 25.0. The van der Waals surface area contributed by atoms with Crippen molar-refractivity contribution < 1.29 is 9.59 Å². The van der Waals surface area contributed by atoms with Gasteiger partial charge in [-0.25, -0.2) is 0 Å². The minimum absolute atomic E-state index is 0.0790. The quantitative estimate of drug-likeness (QED) is 0.640. The van der Waals surface area contributed by atoms with E-state index >= 15 is 0 Å². The van der Waals surface area contributed by atoms with Crippen molar-refractivity contribution in [2.24, 2.45) is 11.8 Å². The summed E-state index contributed by atoms with van der Waals surface area (Å²) in [6, 6.07) is 4.05. The summed E-state index contributed by atoms with van der Waals surface area (Å²) in [5, 5.41) is 0. The molecule has 0 bridgehead atoms. The molecule has 2 rings (SSSR count). The predicted octanol–water partition coefficient (Wildman–Crippen LogP) is 5.80. The van der Waals surface area contributed by atoms with Crippen molar-refractivity contribution in [2.45, 2.75) is 67.7 Å². The Labute approximate surface area is 147 Å². The van der Waals surface area contributed by atoms with E-state index in [9.17, 15) is 9.59 Å². The van der Waals surface area contributed by atoms with E-state index in [0.29, 0.717) is 17.1 Å². The third kappa shape index (κ3) is 4.43. The smallest absolute Gasteiger partial charge is 0.234 e. The molecule has 1 aliphatic rings. The molecule has 24 heavy (non-hydrogen) atoms. The number of allylic oxidation sites excluding steroid dienone is 1. The van der Waals surface area contributed by atoms with Crippen LogP contribution in [-0.2, 0) is 11.2 Å². The summed E-state index contributed by atoms with van der Waals surface area (Å²) in [5.41, 5.74) is 4.38. The number of benzene rings is 1. The highest BCUT2D eigenvalue weighted by Crippen LogP contribution is 2.31. The maximum Gasteiger partial charge on any atom is 0.234 e. The van der Waals surface area contributed by atoms with Gasteiger partial charge in [-0.1, -0.05) is 60.1 Å². The lowest BCUT2D eigenvalue weighted by molar-refractivity contribution is -0.112. The molecule has 2 heteroatoms. The van der Waals surface area contributed by atoms with Crippen molar-refractivity contribution in [3.05, 3.63) is 40.0 Å². The van der Waals surface area contributed by atoms with Gasteiger partial charge in [0, 0.05) is 11.1 Å². The Balaban J connectivity index is 0.00000139. The Kier molecular flexibility index (Phi) is 7.59. The number of aryl methyl sites for hydroxylation is 1. The second-order valence-electron chi connectivity index (χ2n) is 7.02. The van der Waals surface area contributed by atoms with Crippen LogP contribution < -0.4 is 0 Å². The van der Waals surface area contributed by atoms with Gasteiger partial charge in [0.1, 0.15) is 0 Å². The number of carbonyl (C=O) groups excluding carboxylic acids is 2. The second kappa shape index (κ2) is 8.96. The van der Waals surface area contributed by atoms with Gasteiger partial charge < -0.3 is 0 Å². The first-order valence-electron chi connectivity index (χ1n) is 9.26. The Hall–Kier alpha value is -1.70. The number of fused-ring (bicyclic) bond motifs is 1. The number of hydrogen-bond donors (Lipinski definition) is 0. The van der Waals surface area contributed by atoms with Crippen LogP contribution in [0.4, 0.5) is 0 Å². The van der Waals surface area contributed by atoms with Crippen molar-refractivity contribution >= 4 is 17.6 Å². The molecule has 0 saturated carbocycles. The fraction of sp³-hybridized carbons (Fsp3) is 0.545. The topological polar surface area (TPSA) is 34.1 Å². The minimum atomic E-state index is -0.321. The Bertz CT molecular complexity index is 634. The molecular formula is C22H32O2. The zero-order valence-corrected chi connectivity index (χ0v) is 16.3. The van der Waals surface area contributed by atoms with Gasteiger partial charge in [-0.3, -0.25) is 9.59 Å². The van der Waals surface area contributed by atoms with E-state index in [1.807, 2.05) is 46.8 Å². The first kappa shape index (κ1) is 20.3. The lowest BCUT2D eigenvalue weighted by Crippen LogP contribution is -2.25. The van der Waals surface area contributed by atoms with Gasteiger partial charge in [-0.15, -0.1) is 0 Å². The van der Waals surface area contributed by atoms with E-state index in [0.717, 1.165) is 36.0 Å². The molecule has 0 radical (unpaired) electrons. The molecule has 0 unspecified atom stereocenters. The van der Waals surface area contributed by atoms with Gasteiger partial charge in [0.2, 0.25) is 11.6 Å². The van der Waals surface area contributed by atoms with Crippen molar-refractivity contribution in [3.63, 3.8) is 0 Å².